The number of likely N-dealkylation sites (tertiary alicyclic amines) is 2. The quantitative estimate of drug-likeness (QED) is 0.591. The Labute approximate surface area is 162 Å². The molecule has 0 aromatic carbocycles. The molecular formula is C20H37F3N2O2. The van der Waals surface area contributed by atoms with Crippen LogP contribution in [0.4, 0.5) is 13.2 Å². The van der Waals surface area contributed by atoms with Crippen molar-refractivity contribution in [1.82, 2.24) is 9.80 Å². The molecular weight excluding hydrogens is 357 g/mol. The normalized spacial score (nSPS) is 31.9. The van der Waals surface area contributed by atoms with E-state index in [1.165, 1.54) is 0 Å². The molecule has 0 amide bonds. The van der Waals surface area contributed by atoms with Gasteiger partial charge in [0, 0.05) is 25.2 Å². The van der Waals surface area contributed by atoms with Gasteiger partial charge in [0.2, 0.25) is 0 Å². The fourth-order valence-corrected chi connectivity index (χ4v) is 4.66. The first kappa shape index (κ1) is 22.9. The highest BCUT2D eigenvalue weighted by Gasteiger charge is 2.37. The van der Waals surface area contributed by atoms with Gasteiger partial charge in [-0.05, 0) is 59.0 Å². The second kappa shape index (κ2) is 9.90. The van der Waals surface area contributed by atoms with E-state index in [0.29, 0.717) is 37.1 Å². The van der Waals surface area contributed by atoms with Gasteiger partial charge in [-0.3, -0.25) is 4.90 Å². The number of hydrogen-bond acceptors (Lipinski definition) is 4. The Bertz CT molecular complexity index is 447. The van der Waals surface area contributed by atoms with Crippen molar-refractivity contribution in [2.75, 3.05) is 33.3 Å². The van der Waals surface area contributed by atoms with Crippen LogP contribution in [0.1, 0.15) is 53.4 Å². The molecule has 2 saturated heterocycles. The zero-order valence-corrected chi connectivity index (χ0v) is 17.5. The van der Waals surface area contributed by atoms with Crippen LogP contribution in [-0.2, 0) is 9.47 Å². The van der Waals surface area contributed by atoms with E-state index in [0.717, 1.165) is 32.4 Å². The predicted octanol–water partition coefficient (Wildman–Crippen LogP) is 3.94. The van der Waals surface area contributed by atoms with Crippen LogP contribution in [0.15, 0.2) is 0 Å². The number of rotatable bonds is 9. The van der Waals surface area contributed by atoms with Crippen molar-refractivity contribution in [1.29, 1.82) is 0 Å². The van der Waals surface area contributed by atoms with Crippen LogP contribution in [0.5, 0.6) is 0 Å². The second-order valence-corrected chi connectivity index (χ2v) is 8.66. The van der Waals surface area contributed by atoms with Crippen molar-refractivity contribution < 1.29 is 22.6 Å². The third-order valence-electron chi connectivity index (χ3n) is 6.00. The zero-order chi connectivity index (χ0) is 20.2. The molecule has 0 saturated carbocycles. The number of alkyl halides is 3. The van der Waals surface area contributed by atoms with Crippen molar-refractivity contribution in [3.8, 4) is 0 Å². The number of likely N-dealkylation sites (N-methyl/N-ethyl adjacent to an activating group) is 1. The molecule has 0 spiro atoms. The molecule has 5 atom stereocenters. The first-order chi connectivity index (χ1) is 12.6. The Morgan fingerprint density at radius 2 is 1.78 bits per heavy atom. The molecule has 0 aliphatic carbocycles. The van der Waals surface area contributed by atoms with Crippen LogP contribution in [0, 0.1) is 5.92 Å². The lowest BCUT2D eigenvalue weighted by molar-refractivity contribution is -0.183. The maximum Gasteiger partial charge on any atom is 0.411 e. The van der Waals surface area contributed by atoms with E-state index in [2.05, 4.69) is 44.5 Å². The third-order valence-corrected chi connectivity index (χ3v) is 6.00. The van der Waals surface area contributed by atoms with E-state index in [9.17, 15) is 13.2 Å². The largest absolute Gasteiger partial charge is 0.411 e. The van der Waals surface area contributed by atoms with Gasteiger partial charge in [-0.2, -0.15) is 13.2 Å². The van der Waals surface area contributed by atoms with Crippen LogP contribution >= 0.6 is 0 Å². The summed E-state index contributed by atoms with van der Waals surface area (Å²) in [5.41, 5.74) is 0. The molecule has 2 aliphatic heterocycles. The van der Waals surface area contributed by atoms with E-state index >= 15 is 0 Å². The molecule has 2 fully saturated rings. The molecule has 4 nitrogen and oxygen atoms in total. The van der Waals surface area contributed by atoms with Crippen LogP contribution < -0.4 is 0 Å². The lowest BCUT2D eigenvalue weighted by Crippen LogP contribution is -2.36. The van der Waals surface area contributed by atoms with Crippen LogP contribution in [0.3, 0.4) is 0 Å². The molecule has 2 heterocycles. The molecule has 2 aliphatic rings. The summed E-state index contributed by atoms with van der Waals surface area (Å²) in [4.78, 5) is 4.73. The highest BCUT2D eigenvalue weighted by atomic mass is 19.4. The van der Waals surface area contributed by atoms with Gasteiger partial charge in [0.15, 0.2) is 0 Å². The summed E-state index contributed by atoms with van der Waals surface area (Å²) in [5, 5.41) is 0. The molecule has 0 N–H and O–H groups in total. The predicted molar refractivity (Wildman–Crippen MR) is 101 cm³/mol. The van der Waals surface area contributed by atoms with Gasteiger partial charge in [-0.1, -0.05) is 13.8 Å². The zero-order valence-electron chi connectivity index (χ0n) is 17.5. The minimum Gasteiger partial charge on any atom is -0.374 e. The number of hydrogen-bond donors (Lipinski definition) is 0. The molecule has 0 aromatic heterocycles. The summed E-state index contributed by atoms with van der Waals surface area (Å²) in [6.07, 6.45) is -0.229. The molecule has 0 radical (unpaired) electrons. The molecule has 0 bridgehead atoms. The van der Waals surface area contributed by atoms with Gasteiger partial charge >= 0.3 is 6.18 Å². The van der Waals surface area contributed by atoms with E-state index < -0.39 is 12.8 Å². The van der Waals surface area contributed by atoms with Crippen molar-refractivity contribution in [2.45, 2.75) is 90.0 Å². The number of ether oxygens (including phenoxy) is 2. The van der Waals surface area contributed by atoms with Crippen LogP contribution in [-0.4, -0.2) is 79.7 Å². The van der Waals surface area contributed by atoms with Gasteiger partial charge in [-0.15, -0.1) is 0 Å². The van der Waals surface area contributed by atoms with Crippen molar-refractivity contribution in [2.24, 2.45) is 5.92 Å². The summed E-state index contributed by atoms with van der Waals surface area (Å²) in [7, 11) is 2.16. The fraction of sp³-hybridized carbons (Fsp3) is 1.00. The Morgan fingerprint density at radius 3 is 2.37 bits per heavy atom. The lowest BCUT2D eigenvalue weighted by Gasteiger charge is -2.29. The van der Waals surface area contributed by atoms with Crippen molar-refractivity contribution in [3.05, 3.63) is 0 Å². The maximum absolute atomic E-state index is 12.4. The van der Waals surface area contributed by atoms with Crippen LogP contribution in [0.25, 0.3) is 0 Å². The molecule has 0 aromatic rings. The van der Waals surface area contributed by atoms with E-state index in [-0.39, 0.29) is 12.2 Å². The third kappa shape index (κ3) is 7.18. The minimum absolute atomic E-state index is 0.251. The Morgan fingerprint density at radius 1 is 1.07 bits per heavy atom. The van der Waals surface area contributed by atoms with Crippen molar-refractivity contribution in [3.63, 3.8) is 0 Å². The first-order valence-electron chi connectivity index (χ1n) is 10.4. The topological polar surface area (TPSA) is 24.9 Å². The molecule has 2 rings (SSSR count). The standard InChI is InChI=1S/C20H37F3N2O2/c1-6-16-9-17(26-13-20(21,22)23)12-25(16)8-7-15(4)19-10-18(11-24(19)5)27-14(2)3/h14-19H,6-13H2,1-5H3. The Kier molecular flexibility index (Phi) is 8.40. The Balaban J connectivity index is 1.79. The smallest absolute Gasteiger partial charge is 0.374 e. The maximum atomic E-state index is 12.4. The Hall–Kier alpha value is -0.370. The first-order valence-corrected chi connectivity index (χ1v) is 10.4. The monoisotopic (exact) mass is 394 g/mol. The second-order valence-electron chi connectivity index (χ2n) is 8.66. The molecule has 160 valence electrons. The molecule has 27 heavy (non-hydrogen) atoms. The van der Waals surface area contributed by atoms with Gasteiger partial charge in [0.05, 0.1) is 18.3 Å². The van der Waals surface area contributed by atoms with Crippen molar-refractivity contribution >= 4 is 0 Å². The summed E-state index contributed by atoms with van der Waals surface area (Å²) < 4.78 is 48.3. The SMILES string of the molecule is CCC1CC(OCC(F)(F)F)CN1CCC(C)C1CC(OC(C)C)CN1C. The van der Waals surface area contributed by atoms with Gasteiger partial charge < -0.3 is 14.4 Å². The average molecular weight is 395 g/mol. The fourth-order valence-electron chi connectivity index (χ4n) is 4.66. The molecule has 5 unspecified atom stereocenters. The highest BCUT2D eigenvalue weighted by molar-refractivity contribution is 4.90. The van der Waals surface area contributed by atoms with Gasteiger partial charge in [-0.25, -0.2) is 0 Å². The lowest BCUT2D eigenvalue weighted by atomic mass is 9.95. The number of nitrogens with zero attached hydrogens (tertiary/aromatic N) is 2. The highest BCUT2D eigenvalue weighted by Crippen LogP contribution is 2.30. The summed E-state index contributed by atoms with van der Waals surface area (Å²) >= 11 is 0. The van der Waals surface area contributed by atoms with Crippen LogP contribution in [0.2, 0.25) is 0 Å². The minimum atomic E-state index is -4.24. The average Bonchev–Trinajstić information content (AvgIpc) is 3.12. The number of halogens is 3. The van der Waals surface area contributed by atoms with Gasteiger partial charge in [0.25, 0.3) is 0 Å². The summed E-state index contributed by atoms with van der Waals surface area (Å²) in [6.45, 7) is 9.91. The molecule has 7 heteroatoms. The van der Waals surface area contributed by atoms with E-state index in [1.54, 1.807) is 0 Å². The summed E-state index contributed by atoms with van der Waals surface area (Å²) in [5.74, 6) is 0.531. The van der Waals surface area contributed by atoms with E-state index in [1.807, 2.05) is 0 Å². The summed E-state index contributed by atoms with van der Waals surface area (Å²) in [6, 6.07) is 0.836. The van der Waals surface area contributed by atoms with Gasteiger partial charge in [0.1, 0.15) is 6.61 Å². The van der Waals surface area contributed by atoms with E-state index in [4.69, 9.17) is 9.47 Å².